The van der Waals surface area contributed by atoms with Crippen molar-refractivity contribution in [2.24, 2.45) is 5.41 Å². The second-order valence-electron chi connectivity index (χ2n) is 5.64. The number of ether oxygens (including phenoxy) is 2. The van der Waals surface area contributed by atoms with Gasteiger partial charge in [0.25, 0.3) is 0 Å². The molecule has 1 aliphatic heterocycles. The summed E-state index contributed by atoms with van der Waals surface area (Å²) in [5.74, 6) is -0.409. The SMILES string of the molecule is CC1(C)COC(=O)N[C@H]1c1ccccc1OC(F)(F)C(F)F. The summed E-state index contributed by atoms with van der Waals surface area (Å²) in [5, 5.41) is 2.50. The zero-order valence-electron chi connectivity index (χ0n) is 11.9. The number of cyclic esters (lactones) is 1. The van der Waals surface area contributed by atoms with Crippen molar-refractivity contribution in [1.82, 2.24) is 5.32 Å². The summed E-state index contributed by atoms with van der Waals surface area (Å²) in [6.45, 7) is 3.56. The van der Waals surface area contributed by atoms with Gasteiger partial charge in [-0.2, -0.15) is 17.6 Å². The Balaban J connectivity index is 2.37. The first-order valence-electron chi connectivity index (χ1n) is 6.51. The van der Waals surface area contributed by atoms with Gasteiger partial charge in [-0.25, -0.2) is 4.79 Å². The molecule has 1 saturated heterocycles. The van der Waals surface area contributed by atoms with E-state index in [1.165, 1.54) is 12.1 Å². The van der Waals surface area contributed by atoms with Crippen molar-refractivity contribution in [2.45, 2.75) is 32.4 Å². The molecule has 1 heterocycles. The maximum atomic E-state index is 13.2. The van der Waals surface area contributed by atoms with Crippen LogP contribution in [-0.2, 0) is 4.74 Å². The summed E-state index contributed by atoms with van der Waals surface area (Å²) in [6.07, 6.45) is -9.28. The van der Waals surface area contributed by atoms with Gasteiger partial charge in [0.2, 0.25) is 0 Å². The number of benzene rings is 1. The van der Waals surface area contributed by atoms with Crippen LogP contribution in [0.25, 0.3) is 0 Å². The maximum Gasteiger partial charge on any atom is 0.461 e. The van der Waals surface area contributed by atoms with Gasteiger partial charge in [0, 0.05) is 11.0 Å². The number of amides is 1. The average Bonchev–Trinajstić information content (AvgIpc) is 2.42. The summed E-state index contributed by atoms with van der Waals surface area (Å²) in [7, 11) is 0. The Hall–Kier alpha value is -1.99. The van der Waals surface area contributed by atoms with E-state index < -0.39 is 35.8 Å². The molecule has 0 saturated carbocycles. The zero-order valence-corrected chi connectivity index (χ0v) is 11.9. The minimum absolute atomic E-state index is 0.0586. The summed E-state index contributed by atoms with van der Waals surface area (Å²) in [4.78, 5) is 11.4. The number of hydrogen-bond donors (Lipinski definition) is 1. The first kappa shape index (κ1) is 16.4. The predicted octanol–water partition coefficient (Wildman–Crippen LogP) is 3.73. The van der Waals surface area contributed by atoms with Gasteiger partial charge in [0.1, 0.15) is 12.4 Å². The lowest BCUT2D eigenvalue weighted by molar-refractivity contribution is -0.253. The van der Waals surface area contributed by atoms with Crippen LogP contribution in [0.5, 0.6) is 5.75 Å². The third-order valence-corrected chi connectivity index (χ3v) is 3.35. The van der Waals surface area contributed by atoms with Gasteiger partial charge in [0.05, 0.1) is 6.04 Å². The Bertz CT molecular complexity index is 563. The fourth-order valence-corrected chi connectivity index (χ4v) is 2.19. The molecule has 1 aromatic carbocycles. The maximum absolute atomic E-state index is 13.2. The van der Waals surface area contributed by atoms with Crippen molar-refractivity contribution in [1.29, 1.82) is 0 Å². The average molecular weight is 321 g/mol. The van der Waals surface area contributed by atoms with Crippen molar-refractivity contribution in [3.63, 3.8) is 0 Å². The fraction of sp³-hybridized carbons (Fsp3) is 0.500. The number of nitrogens with one attached hydrogen (secondary N) is 1. The third kappa shape index (κ3) is 3.26. The van der Waals surface area contributed by atoms with E-state index in [0.717, 1.165) is 6.07 Å². The smallest absolute Gasteiger partial charge is 0.449 e. The summed E-state index contributed by atoms with van der Waals surface area (Å²) >= 11 is 0. The molecule has 0 bridgehead atoms. The number of hydrogen-bond acceptors (Lipinski definition) is 3. The van der Waals surface area contributed by atoms with Crippen LogP contribution in [0.15, 0.2) is 24.3 Å². The number of carbonyl (C=O) groups excluding carboxylic acids is 1. The predicted molar refractivity (Wildman–Crippen MR) is 69.0 cm³/mol. The molecule has 0 radical (unpaired) electrons. The normalized spacial score (nSPS) is 21.2. The Kier molecular flexibility index (Phi) is 4.21. The molecule has 1 amide bonds. The fourth-order valence-electron chi connectivity index (χ4n) is 2.19. The first-order valence-corrected chi connectivity index (χ1v) is 6.51. The van der Waals surface area contributed by atoms with Crippen LogP contribution in [0.2, 0.25) is 0 Å². The summed E-state index contributed by atoms with van der Waals surface area (Å²) < 4.78 is 60.0. The summed E-state index contributed by atoms with van der Waals surface area (Å²) in [5.41, 5.74) is -0.447. The van der Waals surface area contributed by atoms with Crippen molar-refractivity contribution in [3.8, 4) is 5.75 Å². The molecule has 1 aliphatic rings. The first-order chi connectivity index (χ1) is 10.1. The highest BCUT2D eigenvalue weighted by atomic mass is 19.3. The van der Waals surface area contributed by atoms with Crippen molar-refractivity contribution < 1.29 is 31.8 Å². The second kappa shape index (κ2) is 5.66. The molecule has 2 rings (SSSR count). The number of rotatable bonds is 4. The van der Waals surface area contributed by atoms with Crippen LogP contribution in [-0.4, -0.2) is 25.2 Å². The molecule has 0 spiro atoms. The van der Waals surface area contributed by atoms with E-state index in [4.69, 9.17) is 4.74 Å². The van der Waals surface area contributed by atoms with Crippen LogP contribution in [0.4, 0.5) is 22.4 Å². The molecule has 1 aromatic rings. The van der Waals surface area contributed by atoms with Crippen LogP contribution >= 0.6 is 0 Å². The minimum Gasteiger partial charge on any atom is -0.449 e. The van der Waals surface area contributed by atoms with E-state index in [2.05, 4.69) is 10.1 Å². The van der Waals surface area contributed by atoms with Gasteiger partial charge in [-0.3, -0.25) is 0 Å². The van der Waals surface area contributed by atoms with Gasteiger partial charge < -0.3 is 14.8 Å². The van der Waals surface area contributed by atoms with E-state index in [-0.39, 0.29) is 12.2 Å². The number of alkyl carbamates (subject to hydrolysis) is 1. The van der Waals surface area contributed by atoms with Gasteiger partial charge in [-0.15, -0.1) is 0 Å². The van der Waals surface area contributed by atoms with Crippen LogP contribution in [0.3, 0.4) is 0 Å². The lowest BCUT2D eigenvalue weighted by Crippen LogP contribution is -2.47. The van der Waals surface area contributed by atoms with Crippen LogP contribution in [0.1, 0.15) is 25.5 Å². The molecule has 0 unspecified atom stereocenters. The largest absolute Gasteiger partial charge is 0.461 e. The van der Waals surface area contributed by atoms with E-state index in [1.807, 2.05) is 0 Å². The quantitative estimate of drug-likeness (QED) is 0.860. The van der Waals surface area contributed by atoms with E-state index >= 15 is 0 Å². The van der Waals surface area contributed by atoms with Gasteiger partial charge in [0.15, 0.2) is 0 Å². The van der Waals surface area contributed by atoms with E-state index in [9.17, 15) is 22.4 Å². The number of para-hydroxylation sites is 1. The molecule has 4 nitrogen and oxygen atoms in total. The molecular weight excluding hydrogens is 306 g/mol. The Morgan fingerprint density at radius 2 is 2.00 bits per heavy atom. The molecular formula is C14H15F4NO3. The topological polar surface area (TPSA) is 47.6 Å². The highest BCUT2D eigenvalue weighted by Gasteiger charge is 2.46. The van der Waals surface area contributed by atoms with Crippen molar-refractivity contribution >= 4 is 6.09 Å². The van der Waals surface area contributed by atoms with E-state index in [0.29, 0.717) is 0 Å². The lowest BCUT2D eigenvalue weighted by Gasteiger charge is -2.39. The molecule has 8 heteroatoms. The molecule has 0 aliphatic carbocycles. The summed E-state index contributed by atoms with van der Waals surface area (Å²) in [6, 6.07) is 4.81. The molecule has 1 atom stereocenters. The van der Waals surface area contributed by atoms with E-state index in [1.54, 1.807) is 19.9 Å². The molecule has 22 heavy (non-hydrogen) atoms. The molecule has 1 fully saturated rings. The molecule has 0 aromatic heterocycles. The van der Waals surface area contributed by atoms with Crippen molar-refractivity contribution in [2.75, 3.05) is 6.61 Å². The second-order valence-corrected chi connectivity index (χ2v) is 5.64. The highest BCUT2D eigenvalue weighted by Crippen LogP contribution is 2.41. The zero-order chi connectivity index (χ0) is 16.5. The number of alkyl halides is 4. The van der Waals surface area contributed by atoms with Gasteiger partial charge in [-0.1, -0.05) is 32.0 Å². The monoisotopic (exact) mass is 321 g/mol. The minimum atomic E-state index is -4.62. The van der Waals surface area contributed by atoms with Gasteiger partial charge in [-0.05, 0) is 6.07 Å². The van der Waals surface area contributed by atoms with Gasteiger partial charge >= 0.3 is 18.6 Å². The van der Waals surface area contributed by atoms with Crippen LogP contribution < -0.4 is 10.1 Å². The Morgan fingerprint density at radius 3 is 2.64 bits per heavy atom. The highest BCUT2D eigenvalue weighted by molar-refractivity contribution is 5.69. The molecule has 1 N–H and O–H groups in total. The number of carbonyl (C=O) groups is 1. The number of halogens is 4. The van der Waals surface area contributed by atoms with Crippen molar-refractivity contribution in [3.05, 3.63) is 29.8 Å². The molecule has 122 valence electrons. The Morgan fingerprint density at radius 1 is 1.36 bits per heavy atom. The van der Waals surface area contributed by atoms with Crippen LogP contribution in [0, 0.1) is 5.41 Å². The Labute approximate surface area is 124 Å². The lowest BCUT2D eigenvalue weighted by atomic mass is 9.80. The standard InChI is InChI=1S/C14H15F4NO3/c1-13(2)7-21-12(20)19-10(13)8-5-3-4-6-9(8)22-14(17,18)11(15)16/h3-6,10-11H,7H2,1-2H3,(H,19,20)/t10-/m0/s1. The third-order valence-electron chi connectivity index (χ3n) is 3.35.